The van der Waals surface area contributed by atoms with Crippen molar-refractivity contribution in [2.75, 3.05) is 32.1 Å². The van der Waals surface area contributed by atoms with Crippen molar-refractivity contribution in [3.05, 3.63) is 52.0 Å². The summed E-state index contributed by atoms with van der Waals surface area (Å²) in [6.07, 6.45) is 1.38. The zero-order chi connectivity index (χ0) is 18.2. The third-order valence-corrected chi connectivity index (χ3v) is 6.56. The maximum Gasteiger partial charge on any atom is 0.211 e. The van der Waals surface area contributed by atoms with Gasteiger partial charge < -0.3 is 4.74 Å². The molecule has 0 bridgehead atoms. The molecule has 8 heteroatoms. The lowest BCUT2D eigenvalue weighted by molar-refractivity contribution is 0.0337. The fraction of sp³-hybridized carbons (Fsp3) is 0.500. The maximum absolute atomic E-state index is 12.2. The highest BCUT2D eigenvalue weighted by atomic mass is 32.2. The van der Waals surface area contributed by atoms with E-state index in [4.69, 9.17) is 4.74 Å². The highest BCUT2D eigenvalue weighted by molar-refractivity contribution is 7.89. The van der Waals surface area contributed by atoms with Crippen LogP contribution in [0.15, 0.2) is 35.7 Å². The Balaban J connectivity index is 1.41. The Hall–Kier alpha value is -1.32. The van der Waals surface area contributed by atoms with Gasteiger partial charge in [-0.3, -0.25) is 4.90 Å². The summed E-state index contributed by atoms with van der Waals surface area (Å²) in [6, 6.07) is 9.94. The van der Waals surface area contributed by atoms with Crippen molar-refractivity contribution in [1.82, 2.24) is 14.6 Å². The van der Waals surface area contributed by atoms with E-state index in [9.17, 15) is 8.42 Å². The second-order valence-corrected chi connectivity index (χ2v) is 9.22. The normalized spacial score (nSPS) is 16.0. The number of sulfonamides is 1. The molecule has 1 aliphatic heterocycles. The molecule has 2 aromatic rings. The first-order valence-corrected chi connectivity index (χ1v) is 11.4. The third-order valence-electron chi connectivity index (χ3n) is 4.25. The Bertz CT molecular complexity index is 772. The van der Waals surface area contributed by atoms with E-state index in [1.54, 1.807) is 0 Å². The summed E-state index contributed by atoms with van der Waals surface area (Å²) in [5.41, 5.74) is 2.16. The van der Waals surface area contributed by atoms with E-state index >= 15 is 0 Å². The average molecular weight is 396 g/mol. The number of thiazole rings is 1. The number of ether oxygens (including phenoxy) is 1. The Morgan fingerprint density at radius 3 is 2.73 bits per heavy atom. The number of benzene rings is 1. The van der Waals surface area contributed by atoms with Gasteiger partial charge in [-0.1, -0.05) is 30.3 Å². The molecule has 0 atom stereocenters. The van der Waals surface area contributed by atoms with Gasteiger partial charge in [-0.15, -0.1) is 11.3 Å². The minimum Gasteiger partial charge on any atom is -0.379 e. The Morgan fingerprint density at radius 1 is 1.19 bits per heavy atom. The third kappa shape index (κ3) is 6.44. The fourth-order valence-corrected chi connectivity index (χ4v) is 4.69. The average Bonchev–Trinajstić information content (AvgIpc) is 3.09. The molecule has 0 saturated carbocycles. The largest absolute Gasteiger partial charge is 0.379 e. The van der Waals surface area contributed by atoms with Gasteiger partial charge in [0.05, 0.1) is 31.2 Å². The monoisotopic (exact) mass is 395 g/mol. The number of nitrogens with zero attached hydrogens (tertiary/aromatic N) is 2. The van der Waals surface area contributed by atoms with Gasteiger partial charge in [-0.05, 0) is 18.4 Å². The molecule has 0 radical (unpaired) electrons. The van der Waals surface area contributed by atoms with Crippen molar-refractivity contribution in [2.45, 2.75) is 25.9 Å². The number of aryl methyl sites for hydroxylation is 1. The minimum atomic E-state index is -3.28. The van der Waals surface area contributed by atoms with Crippen molar-refractivity contribution in [1.29, 1.82) is 0 Å². The van der Waals surface area contributed by atoms with Crippen LogP contribution in [0.1, 0.15) is 22.7 Å². The summed E-state index contributed by atoms with van der Waals surface area (Å²) >= 11 is 1.50. The van der Waals surface area contributed by atoms with Crippen LogP contribution in [0.25, 0.3) is 0 Å². The van der Waals surface area contributed by atoms with E-state index in [0.29, 0.717) is 6.42 Å². The first-order chi connectivity index (χ1) is 12.6. The van der Waals surface area contributed by atoms with E-state index in [2.05, 4.69) is 14.6 Å². The first kappa shape index (κ1) is 19.4. The van der Waals surface area contributed by atoms with Crippen LogP contribution in [0.4, 0.5) is 0 Å². The lowest BCUT2D eigenvalue weighted by Crippen LogP contribution is -2.35. The predicted molar refractivity (Wildman–Crippen MR) is 104 cm³/mol. The van der Waals surface area contributed by atoms with Crippen molar-refractivity contribution in [3.8, 4) is 0 Å². The molecule has 142 valence electrons. The summed E-state index contributed by atoms with van der Waals surface area (Å²) in [6.45, 7) is 4.42. The zero-order valence-corrected chi connectivity index (χ0v) is 16.4. The molecular weight excluding hydrogens is 370 g/mol. The molecule has 1 aromatic heterocycles. The molecule has 3 rings (SSSR count). The Kier molecular flexibility index (Phi) is 7.15. The smallest absolute Gasteiger partial charge is 0.211 e. The number of hydrogen-bond donors (Lipinski definition) is 1. The zero-order valence-electron chi connectivity index (χ0n) is 14.8. The summed E-state index contributed by atoms with van der Waals surface area (Å²) in [7, 11) is -3.28. The van der Waals surface area contributed by atoms with Gasteiger partial charge >= 0.3 is 0 Å². The molecule has 0 spiro atoms. The van der Waals surface area contributed by atoms with Gasteiger partial charge in [-0.25, -0.2) is 18.1 Å². The van der Waals surface area contributed by atoms with Crippen LogP contribution in [0, 0.1) is 0 Å². The van der Waals surface area contributed by atoms with Gasteiger partial charge in [0.1, 0.15) is 5.01 Å². The summed E-state index contributed by atoms with van der Waals surface area (Å²) in [4.78, 5) is 6.85. The molecule has 1 saturated heterocycles. The lowest BCUT2D eigenvalue weighted by Gasteiger charge is -2.25. The standard InChI is InChI=1S/C18H25N3O3S2/c22-26(23,12-4-7-16-5-2-1-3-6-16)19-13-18-20-17(15-25-18)14-21-8-10-24-11-9-21/h1-3,5-6,15,19H,4,7-14H2. The number of rotatable bonds is 9. The Labute approximate surface area is 159 Å². The molecule has 1 fully saturated rings. The summed E-state index contributed by atoms with van der Waals surface area (Å²) in [5, 5.41) is 2.81. The quantitative estimate of drug-likeness (QED) is 0.703. The molecule has 26 heavy (non-hydrogen) atoms. The van der Waals surface area contributed by atoms with E-state index in [1.807, 2.05) is 35.7 Å². The van der Waals surface area contributed by atoms with Crippen LogP contribution in [0.5, 0.6) is 0 Å². The Morgan fingerprint density at radius 2 is 1.96 bits per heavy atom. The second-order valence-electron chi connectivity index (χ2n) is 6.35. The lowest BCUT2D eigenvalue weighted by atomic mass is 10.1. The molecular formula is C18H25N3O3S2. The number of nitrogens with one attached hydrogen (secondary N) is 1. The fourth-order valence-electron chi connectivity index (χ4n) is 2.85. The summed E-state index contributed by atoms with van der Waals surface area (Å²) in [5.74, 6) is 0.133. The van der Waals surface area contributed by atoms with E-state index < -0.39 is 10.0 Å². The van der Waals surface area contributed by atoms with Gasteiger partial charge in [0.2, 0.25) is 10.0 Å². The first-order valence-electron chi connectivity index (χ1n) is 8.85. The van der Waals surface area contributed by atoms with Crippen LogP contribution in [0.2, 0.25) is 0 Å². The SMILES string of the molecule is O=S(=O)(CCCc1ccccc1)NCc1nc(CN2CCOCC2)cs1. The molecule has 1 N–H and O–H groups in total. The second kappa shape index (κ2) is 9.57. The van der Waals surface area contributed by atoms with Crippen LogP contribution >= 0.6 is 11.3 Å². The molecule has 0 amide bonds. The van der Waals surface area contributed by atoms with Gasteiger partial charge in [0.15, 0.2) is 0 Å². The molecule has 1 aliphatic rings. The molecule has 0 unspecified atom stereocenters. The minimum absolute atomic E-state index is 0.133. The van der Waals surface area contributed by atoms with Crippen LogP contribution in [-0.2, 0) is 34.3 Å². The summed E-state index contributed by atoms with van der Waals surface area (Å²) < 4.78 is 32.3. The predicted octanol–water partition coefficient (Wildman–Crippen LogP) is 2.03. The molecule has 1 aromatic carbocycles. The maximum atomic E-state index is 12.2. The molecule has 2 heterocycles. The van der Waals surface area contributed by atoms with Crippen molar-refractivity contribution < 1.29 is 13.2 Å². The van der Waals surface area contributed by atoms with Gasteiger partial charge in [0.25, 0.3) is 0 Å². The molecule has 0 aliphatic carbocycles. The van der Waals surface area contributed by atoms with Gasteiger partial charge in [0, 0.05) is 25.0 Å². The van der Waals surface area contributed by atoms with Crippen molar-refractivity contribution >= 4 is 21.4 Å². The van der Waals surface area contributed by atoms with E-state index in [0.717, 1.165) is 55.5 Å². The van der Waals surface area contributed by atoms with Crippen LogP contribution in [-0.4, -0.2) is 50.4 Å². The number of aromatic nitrogens is 1. The van der Waals surface area contributed by atoms with Crippen LogP contribution < -0.4 is 4.72 Å². The highest BCUT2D eigenvalue weighted by Crippen LogP contribution is 2.13. The number of morpholine rings is 1. The number of hydrogen-bond acceptors (Lipinski definition) is 6. The van der Waals surface area contributed by atoms with E-state index in [1.165, 1.54) is 11.3 Å². The van der Waals surface area contributed by atoms with Crippen molar-refractivity contribution in [2.24, 2.45) is 0 Å². The van der Waals surface area contributed by atoms with E-state index in [-0.39, 0.29) is 12.3 Å². The highest BCUT2D eigenvalue weighted by Gasteiger charge is 2.14. The molecule has 6 nitrogen and oxygen atoms in total. The topological polar surface area (TPSA) is 71.5 Å². The van der Waals surface area contributed by atoms with Crippen molar-refractivity contribution in [3.63, 3.8) is 0 Å². The van der Waals surface area contributed by atoms with Crippen LogP contribution in [0.3, 0.4) is 0 Å². The van der Waals surface area contributed by atoms with Gasteiger partial charge in [-0.2, -0.15) is 0 Å².